The van der Waals surface area contributed by atoms with Gasteiger partial charge in [0.25, 0.3) is 11.6 Å². The maximum atomic E-state index is 11.7. The van der Waals surface area contributed by atoms with E-state index in [1.807, 2.05) is 0 Å². The van der Waals surface area contributed by atoms with Gasteiger partial charge in [-0.25, -0.2) is 4.79 Å². The second kappa shape index (κ2) is 6.21. The molecule has 1 fully saturated rings. The minimum absolute atomic E-state index is 0.0342. The van der Waals surface area contributed by atoms with Gasteiger partial charge in [0.1, 0.15) is 5.69 Å². The predicted octanol–water partition coefficient (Wildman–Crippen LogP) is 1.07. The molecule has 2 N–H and O–H groups in total. The molecule has 1 aromatic carbocycles. The lowest BCUT2D eigenvalue weighted by Crippen LogP contribution is -2.25. The van der Waals surface area contributed by atoms with Crippen LogP contribution in [0, 0.1) is 10.1 Å². The van der Waals surface area contributed by atoms with E-state index in [1.54, 1.807) is 0 Å². The Hall–Kier alpha value is -2.64. The van der Waals surface area contributed by atoms with Gasteiger partial charge < -0.3 is 15.4 Å². The lowest BCUT2D eigenvalue weighted by atomic mass is 10.1. The highest BCUT2D eigenvalue weighted by Gasteiger charge is 2.25. The number of carbonyl (C=O) groups excluding carboxylic acids is 2. The van der Waals surface area contributed by atoms with Gasteiger partial charge in [-0.2, -0.15) is 0 Å². The fourth-order valence-corrected chi connectivity index (χ4v) is 1.67. The van der Waals surface area contributed by atoms with Crippen molar-refractivity contribution >= 4 is 23.3 Å². The molecule has 1 aliphatic carbocycles. The number of nitro groups is 1. The van der Waals surface area contributed by atoms with Gasteiger partial charge in [-0.1, -0.05) is 0 Å². The monoisotopic (exact) mass is 293 g/mol. The number of amides is 1. The molecule has 0 unspecified atom stereocenters. The first-order valence-electron chi connectivity index (χ1n) is 6.44. The van der Waals surface area contributed by atoms with Crippen molar-refractivity contribution in [1.82, 2.24) is 5.32 Å². The third-order valence-corrected chi connectivity index (χ3v) is 2.98. The van der Waals surface area contributed by atoms with Gasteiger partial charge >= 0.3 is 5.97 Å². The summed E-state index contributed by atoms with van der Waals surface area (Å²) in [4.78, 5) is 33.2. The molecule has 0 bridgehead atoms. The molecule has 2 rings (SSSR count). The van der Waals surface area contributed by atoms with Crippen molar-refractivity contribution in [2.75, 3.05) is 19.0 Å². The first-order valence-corrected chi connectivity index (χ1v) is 6.44. The van der Waals surface area contributed by atoms with Crippen molar-refractivity contribution < 1.29 is 19.2 Å². The number of benzene rings is 1. The Morgan fingerprint density at radius 3 is 2.71 bits per heavy atom. The highest BCUT2D eigenvalue weighted by atomic mass is 16.6. The molecule has 1 aromatic rings. The van der Waals surface area contributed by atoms with E-state index < -0.39 is 23.4 Å². The molecule has 0 radical (unpaired) electrons. The maximum absolute atomic E-state index is 11.7. The van der Waals surface area contributed by atoms with Gasteiger partial charge in [0.15, 0.2) is 6.61 Å². The third-order valence-electron chi connectivity index (χ3n) is 2.98. The summed E-state index contributed by atoms with van der Waals surface area (Å²) in [7, 11) is 1.42. The van der Waals surface area contributed by atoms with Crippen molar-refractivity contribution in [3.63, 3.8) is 0 Å². The fraction of sp³-hybridized carbons (Fsp3) is 0.385. The van der Waals surface area contributed by atoms with Crippen LogP contribution in [-0.2, 0) is 9.53 Å². The zero-order valence-electron chi connectivity index (χ0n) is 11.4. The average molecular weight is 293 g/mol. The molecule has 0 spiro atoms. The van der Waals surface area contributed by atoms with E-state index in [-0.39, 0.29) is 17.3 Å². The Labute approximate surface area is 120 Å². The molecule has 1 aliphatic rings. The van der Waals surface area contributed by atoms with E-state index in [0.717, 1.165) is 18.9 Å². The molecule has 1 amide bonds. The Morgan fingerprint density at radius 1 is 1.43 bits per heavy atom. The van der Waals surface area contributed by atoms with Crippen LogP contribution in [0.3, 0.4) is 0 Å². The number of rotatable bonds is 6. The number of ether oxygens (including phenoxy) is 1. The SMILES string of the molecule is CNC(=O)COC(=O)c1ccc(NC2CC2)c([N+](=O)[O-])c1. The number of esters is 1. The molecule has 0 heterocycles. The minimum Gasteiger partial charge on any atom is -0.452 e. The molecule has 0 aliphatic heterocycles. The molecular formula is C13H15N3O5. The number of nitrogens with one attached hydrogen (secondary N) is 2. The summed E-state index contributed by atoms with van der Waals surface area (Å²) in [6, 6.07) is 4.32. The molecule has 1 saturated carbocycles. The molecule has 21 heavy (non-hydrogen) atoms. The van der Waals surface area contributed by atoms with Crippen LogP contribution in [0.2, 0.25) is 0 Å². The van der Waals surface area contributed by atoms with Gasteiger partial charge in [-0.15, -0.1) is 0 Å². The molecular weight excluding hydrogens is 278 g/mol. The highest BCUT2D eigenvalue weighted by molar-refractivity contribution is 5.93. The van der Waals surface area contributed by atoms with E-state index in [0.29, 0.717) is 5.69 Å². The summed E-state index contributed by atoms with van der Waals surface area (Å²) in [6.45, 7) is -0.425. The van der Waals surface area contributed by atoms with Crippen LogP contribution in [0.5, 0.6) is 0 Å². The van der Waals surface area contributed by atoms with Crippen molar-refractivity contribution in [1.29, 1.82) is 0 Å². The number of hydrogen-bond acceptors (Lipinski definition) is 6. The van der Waals surface area contributed by atoms with Crippen LogP contribution >= 0.6 is 0 Å². The summed E-state index contributed by atoms with van der Waals surface area (Å²) in [5.74, 6) is -1.23. The summed E-state index contributed by atoms with van der Waals surface area (Å²) in [5.41, 5.74) is 0.230. The van der Waals surface area contributed by atoms with Crippen LogP contribution < -0.4 is 10.6 Å². The van der Waals surface area contributed by atoms with Gasteiger partial charge in [0.2, 0.25) is 0 Å². The van der Waals surface area contributed by atoms with Crippen LogP contribution in [0.1, 0.15) is 23.2 Å². The number of nitro benzene ring substituents is 1. The van der Waals surface area contributed by atoms with Gasteiger partial charge in [0, 0.05) is 19.2 Å². The number of hydrogen-bond donors (Lipinski definition) is 2. The van der Waals surface area contributed by atoms with Crippen LogP contribution in [0.15, 0.2) is 18.2 Å². The summed E-state index contributed by atoms with van der Waals surface area (Å²) >= 11 is 0. The van der Waals surface area contributed by atoms with E-state index in [1.165, 1.54) is 19.2 Å². The zero-order valence-corrected chi connectivity index (χ0v) is 11.4. The lowest BCUT2D eigenvalue weighted by Gasteiger charge is -2.08. The van der Waals surface area contributed by atoms with Crippen molar-refractivity contribution in [3.8, 4) is 0 Å². The number of likely N-dealkylation sites (N-methyl/N-ethyl adjacent to an activating group) is 1. The molecule has 8 nitrogen and oxygen atoms in total. The van der Waals surface area contributed by atoms with Crippen molar-refractivity contribution in [3.05, 3.63) is 33.9 Å². The first kappa shape index (κ1) is 14.8. The minimum atomic E-state index is -0.778. The second-order valence-corrected chi connectivity index (χ2v) is 4.66. The zero-order chi connectivity index (χ0) is 15.4. The van der Waals surface area contributed by atoms with E-state index in [4.69, 9.17) is 4.74 Å². The van der Waals surface area contributed by atoms with Crippen LogP contribution in [0.25, 0.3) is 0 Å². The Bertz CT molecular complexity index is 583. The largest absolute Gasteiger partial charge is 0.452 e. The summed E-state index contributed by atoms with van der Waals surface area (Å²) < 4.78 is 4.75. The smallest absolute Gasteiger partial charge is 0.338 e. The van der Waals surface area contributed by atoms with Gasteiger partial charge in [-0.05, 0) is 25.0 Å². The molecule has 0 atom stereocenters. The predicted molar refractivity (Wildman–Crippen MR) is 74.1 cm³/mol. The molecule has 0 aromatic heterocycles. The van der Waals surface area contributed by atoms with E-state index in [9.17, 15) is 19.7 Å². The average Bonchev–Trinajstić information content (AvgIpc) is 3.28. The van der Waals surface area contributed by atoms with Gasteiger partial charge in [-0.3, -0.25) is 14.9 Å². The van der Waals surface area contributed by atoms with Gasteiger partial charge in [0.05, 0.1) is 10.5 Å². The number of anilines is 1. The molecule has 0 saturated heterocycles. The van der Waals surface area contributed by atoms with Crippen molar-refractivity contribution in [2.45, 2.75) is 18.9 Å². The van der Waals surface area contributed by atoms with Crippen LogP contribution in [0.4, 0.5) is 11.4 Å². The highest BCUT2D eigenvalue weighted by Crippen LogP contribution is 2.31. The normalized spacial score (nSPS) is 13.4. The molecule has 112 valence electrons. The fourth-order valence-electron chi connectivity index (χ4n) is 1.67. The Morgan fingerprint density at radius 2 is 2.14 bits per heavy atom. The topological polar surface area (TPSA) is 111 Å². The number of nitrogens with zero attached hydrogens (tertiary/aromatic N) is 1. The standard InChI is InChI=1S/C13H15N3O5/c1-14-12(17)7-21-13(18)8-2-5-10(15-9-3-4-9)11(6-8)16(19)20/h2,5-6,9,15H,3-4,7H2,1H3,(H,14,17). The summed E-state index contributed by atoms with van der Waals surface area (Å²) in [5, 5.41) is 16.4. The second-order valence-electron chi connectivity index (χ2n) is 4.66. The maximum Gasteiger partial charge on any atom is 0.338 e. The van der Waals surface area contributed by atoms with E-state index >= 15 is 0 Å². The Kier molecular flexibility index (Phi) is 4.36. The quantitative estimate of drug-likeness (QED) is 0.461. The third kappa shape index (κ3) is 3.91. The number of carbonyl (C=O) groups is 2. The Balaban J connectivity index is 2.12. The van der Waals surface area contributed by atoms with Crippen molar-refractivity contribution in [2.24, 2.45) is 0 Å². The van der Waals surface area contributed by atoms with Crippen LogP contribution in [-0.4, -0.2) is 36.5 Å². The van der Waals surface area contributed by atoms with E-state index in [2.05, 4.69) is 10.6 Å². The lowest BCUT2D eigenvalue weighted by molar-refractivity contribution is -0.384. The first-order chi connectivity index (χ1) is 10.0. The molecule has 8 heteroatoms. The summed E-state index contributed by atoms with van der Waals surface area (Å²) in [6.07, 6.45) is 1.96.